The number of pyridine rings is 1. The first-order valence-corrected chi connectivity index (χ1v) is 4.89. The third kappa shape index (κ3) is 2.77. The van der Waals surface area contributed by atoms with Crippen LogP contribution in [0.25, 0.3) is 0 Å². The van der Waals surface area contributed by atoms with Crippen molar-refractivity contribution in [3.8, 4) is 0 Å². The van der Waals surface area contributed by atoms with Crippen LogP contribution in [0.3, 0.4) is 0 Å². The summed E-state index contributed by atoms with van der Waals surface area (Å²) >= 11 is 3.01. The lowest BCUT2D eigenvalue weighted by Crippen LogP contribution is -2.10. The number of carbonyl (C=O) groups is 1. The number of rotatable bonds is 3. The summed E-state index contributed by atoms with van der Waals surface area (Å²) in [6.07, 6.45) is 1.29. The average Bonchev–Trinajstić information content (AvgIpc) is 2.13. The summed E-state index contributed by atoms with van der Waals surface area (Å²) in [4.78, 5) is 14.8. The zero-order chi connectivity index (χ0) is 10.6. The van der Waals surface area contributed by atoms with Gasteiger partial charge in [0.1, 0.15) is 0 Å². The Hall–Kier alpha value is -0.970. The molecule has 1 heterocycles. The number of hydrogen-bond donors (Lipinski definition) is 0. The third-order valence-electron chi connectivity index (χ3n) is 1.53. The molecule has 14 heavy (non-hydrogen) atoms. The molecule has 0 N–H and O–H groups in total. The predicted octanol–water partition coefficient (Wildman–Crippen LogP) is 2.09. The molecule has 1 rings (SSSR count). The molecule has 0 unspecified atom stereocenters. The zero-order valence-corrected chi connectivity index (χ0v) is 9.17. The van der Waals surface area contributed by atoms with Gasteiger partial charge in [0.05, 0.1) is 23.2 Å². The van der Waals surface area contributed by atoms with Crippen molar-refractivity contribution in [1.29, 1.82) is 0 Å². The van der Waals surface area contributed by atoms with E-state index in [4.69, 9.17) is 0 Å². The van der Waals surface area contributed by atoms with Crippen molar-refractivity contribution < 1.29 is 13.9 Å². The van der Waals surface area contributed by atoms with Crippen molar-refractivity contribution in [3.63, 3.8) is 0 Å². The number of nitrogens with zero attached hydrogens (tertiary/aromatic N) is 1. The van der Waals surface area contributed by atoms with Crippen LogP contribution in [0.2, 0.25) is 0 Å². The van der Waals surface area contributed by atoms with Crippen LogP contribution in [0.1, 0.15) is 12.6 Å². The van der Waals surface area contributed by atoms with Crippen LogP contribution in [0.5, 0.6) is 0 Å². The fraction of sp³-hybridized carbons (Fsp3) is 0.333. The lowest BCUT2D eigenvalue weighted by atomic mass is 10.2. The maximum atomic E-state index is 13.3. The van der Waals surface area contributed by atoms with Gasteiger partial charge in [-0.3, -0.25) is 9.78 Å². The fourth-order valence-corrected chi connectivity index (χ4v) is 1.28. The molecule has 76 valence electrons. The third-order valence-corrected chi connectivity index (χ3v) is 2.14. The van der Waals surface area contributed by atoms with E-state index in [2.05, 4.69) is 25.7 Å². The van der Waals surface area contributed by atoms with E-state index in [1.807, 2.05) is 0 Å². The van der Waals surface area contributed by atoms with Gasteiger partial charge in [-0.1, -0.05) is 0 Å². The van der Waals surface area contributed by atoms with Crippen molar-refractivity contribution >= 4 is 21.9 Å². The number of aromatic nitrogens is 1. The molecule has 5 heteroatoms. The Kier molecular flexibility index (Phi) is 4.00. The Balaban J connectivity index is 2.76. The Morgan fingerprint density at radius 3 is 3.07 bits per heavy atom. The van der Waals surface area contributed by atoms with Gasteiger partial charge in [-0.15, -0.1) is 0 Å². The highest BCUT2D eigenvalue weighted by atomic mass is 79.9. The molecule has 0 aromatic carbocycles. The lowest BCUT2D eigenvalue weighted by Gasteiger charge is -2.03. The highest BCUT2D eigenvalue weighted by Gasteiger charge is 2.12. The second kappa shape index (κ2) is 5.05. The molecule has 0 aliphatic carbocycles. The highest BCUT2D eigenvalue weighted by Crippen LogP contribution is 2.16. The van der Waals surface area contributed by atoms with E-state index in [0.29, 0.717) is 4.47 Å². The largest absolute Gasteiger partial charge is 0.466 e. The zero-order valence-electron chi connectivity index (χ0n) is 7.59. The van der Waals surface area contributed by atoms with E-state index in [0.717, 1.165) is 0 Å². The Morgan fingerprint density at radius 2 is 2.43 bits per heavy atom. The number of carbonyl (C=O) groups excluding carboxylic acids is 1. The fourth-order valence-electron chi connectivity index (χ4n) is 0.932. The van der Waals surface area contributed by atoms with Crippen molar-refractivity contribution in [2.24, 2.45) is 0 Å². The van der Waals surface area contributed by atoms with Gasteiger partial charge in [0.15, 0.2) is 5.82 Å². The molecule has 0 aliphatic heterocycles. The molecule has 0 fully saturated rings. The molecule has 0 saturated carbocycles. The molecule has 0 radical (unpaired) electrons. The highest BCUT2D eigenvalue weighted by molar-refractivity contribution is 9.10. The van der Waals surface area contributed by atoms with E-state index in [1.165, 1.54) is 12.3 Å². The molecule has 0 aliphatic rings. The predicted molar refractivity (Wildman–Crippen MR) is 52.2 cm³/mol. The molecule has 0 bridgehead atoms. The Morgan fingerprint density at radius 1 is 1.71 bits per heavy atom. The van der Waals surface area contributed by atoms with E-state index in [1.54, 1.807) is 6.92 Å². The van der Waals surface area contributed by atoms with Gasteiger partial charge < -0.3 is 4.74 Å². The lowest BCUT2D eigenvalue weighted by molar-refractivity contribution is -0.142. The standard InChI is InChI=1S/C9H9BrFNO2/c1-2-14-8(13)5-7-9(11)6(10)3-4-12-7/h3-4H,2,5H2,1H3. The van der Waals surface area contributed by atoms with Gasteiger partial charge in [-0.05, 0) is 28.9 Å². The Labute approximate surface area is 89.4 Å². The first-order valence-electron chi connectivity index (χ1n) is 4.09. The topological polar surface area (TPSA) is 39.2 Å². The first-order chi connectivity index (χ1) is 6.65. The van der Waals surface area contributed by atoms with Crippen LogP contribution in [-0.2, 0) is 16.0 Å². The summed E-state index contributed by atoms with van der Waals surface area (Å²) in [6, 6.07) is 1.48. The number of halogens is 2. The summed E-state index contributed by atoms with van der Waals surface area (Å²) in [5.41, 5.74) is 0.0952. The van der Waals surface area contributed by atoms with Crippen LogP contribution in [0, 0.1) is 5.82 Å². The van der Waals surface area contributed by atoms with Crippen molar-refractivity contribution in [2.75, 3.05) is 6.61 Å². The van der Waals surface area contributed by atoms with E-state index < -0.39 is 11.8 Å². The molecule has 3 nitrogen and oxygen atoms in total. The minimum absolute atomic E-state index is 0.0952. The molecule has 1 aromatic heterocycles. The number of ether oxygens (including phenoxy) is 1. The smallest absolute Gasteiger partial charge is 0.311 e. The van der Waals surface area contributed by atoms with Crippen molar-refractivity contribution in [3.05, 3.63) is 28.2 Å². The van der Waals surface area contributed by atoms with E-state index >= 15 is 0 Å². The summed E-state index contributed by atoms with van der Waals surface area (Å²) in [6.45, 7) is 1.98. The minimum Gasteiger partial charge on any atom is -0.466 e. The van der Waals surface area contributed by atoms with Gasteiger partial charge in [-0.25, -0.2) is 4.39 Å². The summed E-state index contributed by atoms with van der Waals surface area (Å²) < 4.78 is 18.3. The summed E-state index contributed by atoms with van der Waals surface area (Å²) in [5.74, 6) is -0.988. The molecule has 0 spiro atoms. The van der Waals surface area contributed by atoms with Gasteiger partial charge in [0.2, 0.25) is 0 Å². The molecule has 0 saturated heterocycles. The number of hydrogen-bond acceptors (Lipinski definition) is 3. The molecule has 0 amide bonds. The van der Waals surface area contributed by atoms with Crippen LogP contribution in [0.4, 0.5) is 4.39 Å². The van der Waals surface area contributed by atoms with Crippen LogP contribution in [0.15, 0.2) is 16.7 Å². The summed E-state index contributed by atoms with van der Waals surface area (Å²) in [7, 11) is 0. The maximum Gasteiger partial charge on any atom is 0.311 e. The Bertz CT molecular complexity index is 344. The first kappa shape index (κ1) is 11.1. The van der Waals surface area contributed by atoms with E-state index in [-0.39, 0.29) is 18.7 Å². The normalized spacial score (nSPS) is 9.93. The maximum absolute atomic E-state index is 13.3. The second-order valence-corrected chi connectivity index (χ2v) is 3.39. The van der Waals surface area contributed by atoms with Crippen LogP contribution < -0.4 is 0 Å². The summed E-state index contributed by atoms with van der Waals surface area (Å²) in [5, 5.41) is 0. The van der Waals surface area contributed by atoms with Gasteiger partial charge >= 0.3 is 5.97 Å². The SMILES string of the molecule is CCOC(=O)Cc1nccc(Br)c1F. The minimum atomic E-state index is -0.513. The second-order valence-electron chi connectivity index (χ2n) is 2.54. The average molecular weight is 262 g/mol. The molecular weight excluding hydrogens is 253 g/mol. The monoisotopic (exact) mass is 261 g/mol. The van der Waals surface area contributed by atoms with Gasteiger partial charge in [-0.2, -0.15) is 0 Å². The van der Waals surface area contributed by atoms with Gasteiger partial charge in [0.25, 0.3) is 0 Å². The quantitative estimate of drug-likeness (QED) is 0.783. The molecular formula is C9H9BrFNO2. The van der Waals surface area contributed by atoms with Gasteiger partial charge in [0, 0.05) is 6.20 Å². The van der Waals surface area contributed by atoms with E-state index in [9.17, 15) is 9.18 Å². The van der Waals surface area contributed by atoms with Crippen molar-refractivity contribution in [2.45, 2.75) is 13.3 Å². The van der Waals surface area contributed by atoms with Crippen LogP contribution >= 0.6 is 15.9 Å². The molecule has 1 aromatic rings. The van der Waals surface area contributed by atoms with Crippen molar-refractivity contribution in [1.82, 2.24) is 4.98 Å². The molecule has 0 atom stereocenters. The van der Waals surface area contributed by atoms with Crippen LogP contribution in [-0.4, -0.2) is 17.6 Å². The number of esters is 1.